The van der Waals surface area contributed by atoms with Crippen LogP contribution in [0.4, 0.5) is 0 Å². The number of carboxylic acids is 1. The van der Waals surface area contributed by atoms with Crippen LogP contribution in [0.1, 0.15) is 45.4 Å². The Balaban J connectivity index is 3.43. The molecule has 0 rings (SSSR count). The molecule has 0 saturated heterocycles. The first-order valence-electron chi connectivity index (χ1n) is 5.14. The van der Waals surface area contributed by atoms with E-state index in [9.17, 15) is 4.79 Å². The highest BCUT2D eigenvalue weighted by Gasteiger charge is 2.22. The summed E-state index contributed by atoms with van der Waals surface area (Å²) < 4.78 is 0. The van der Waals surface area contributed by atoms with E-state index in [-0.39, 0.29) is 0 Å². The van der Waals surface area contributed by atoms with Crippen molar-refractivity contribution < 1.29 is 15.0 Å². The maximum absolute atomic E-state index is 10.3. The van der Waals surface area contributed by atoms with Crippen molar-refractivity contribution in [2.75, 3.05) is 0 Å². The number of aliphatic hydroxyl groups excluding tert-OH is 1. The highest BCUT2D eigenvalue weighted by molar-refractivity contribution is 6.22. The van der Waals surface area contributed by atoms with Crippen molar-refractivity contribution in [3.63, 3.8) is 0 Å². The molecule has 0 aromatic heterocycles. The smallest absolute Gasteiger partial charge is 0.334 e. The predicted octanol–water partition coefficient (Wildman–Crippen LogP) is 2.40. The molecule has 0 saturated carbocycles. The Kier molecular flexibility index (Phi) is 7.90. The number of aliphatic carboxylic acids is 1. The number of aliphatic hydroxyl groups is 1. The average Bonchev–Trinajstić information content (AvgIpc) is 2.16. The van der Waals surface area contributed by atoms with Crippen LogP contribution < -0.4 is 0 Å². The van der Waals surface area contributed by atoms with Gasteiger partial charge in [0.15, 0.2) is 6.10 Å². The molecule has 0 aromatic carbocycles. The number of unbranched alkanes of at least 4 members (excludes halogenated alkanes) is 4. The highest BCUT2D eigenvalue weighted by atomic mass is 35.5. The van der Waals surface area contributed by atoms with E-state index in [4.69, 9.17) is 21.8 Å². The summed E-state index contributed by atoms with van der Waals surface area (Å²) in [5.74, 6) is -1.24. The summed E-state index contributed by atoms with van der Waals surface area (Å²) in [5, 5.41) is 16.9. The van der Waals surface area contributed by atoms with Gasteiger partial charge in [0.25, 0.3) is 0 Å². The molecule has 2 unspecified atom stereocenters. The molecule has 14 heavy (non-hydrogen) atoms. The van der Waals surface area contributed by atoms with E-state index in [2.05, 4.69) is 6.92 Å². The van der Waals surface area contributed by atoms with E-state index in [0.717, 1.165) is 19.3 Å². The monoisotopic (exact) mass is 222 g/mol. The minimum atomic E-state index is -1.43. The van der Waals surface area contributed by atoms with Gasteiger partial charge in [0.1, 0.15) is 0 Å². The topological polar surface area (TPSA) is 57.5 Å². The molecule has 3 nitrogen and oxygen atoms in total. The molecule has 0 bridgehead atoms. The van der Waals surface area contributed by atoms with Gasteiger partial charge in [-0.3, -0.25) is 0 Å². The SMILES string of the molecule is CCCCCCCC(Cl)C(O)C(=O)O. The van der Waals surface area contributed by atoms with Crippen molar-refractivity contribution >= 4 is 17.6 Å². The fourth-order valence-electron chi connectivity index (χ4n) is 1.26. The Hall–Kier alpha value is -0.280. The quantitative estimate of drug-likeness (QED) is 0.490. The molecule has 0 spiro atoms. The normalized spacial score (nSPS) is 15.1. The van der Waals surface area contributed by atoms with Crippen LogP contribution in [0.15, 0.2) is 0 Å². The second kappa shape index (κ2) is 8.06. The molecule has 0 heterocycles. The van der Waals surface area contributed by atoms with Gasteiger partial charge >= 0.3 is 5.97 Å². The minimum Gasteiger partial charge on any atom is -0.479 e. The van der Waals surface area contributed by atoms with Crippen LogP contribution >= 0.6 is 11.6 Å². The number of carboxylic acid groups (broad SMARTS) is 1. The van der Waals surface area contributed by atoms with Crippen molar-refractivity contribution in [1.29, 1.82) is 0 Å². The van der Waals surface area contributed by atoms with Gasteiger partial charge in [0, 0.05) is 0 Å². The van der Waals surface area contributed by atoms with Gasteiger partial charge in [0.2, 0.25) is 0 Å². The van der Waals surface area contributed by atoms with Crippen LogP contribution in [0.2, 0.25) is 0 Å². The largest absolute Gasteiger partial charge is 0.479 e. The van der Waals surface area contributed by atoms with Crippen molar-refractivity contribution in [2.45, 2.75) is 56.9 Å². The Labute approximate surface area is 90.1 Å². The lowest BCUT2D eigenvalue weighted by Crippen LogP contribution is -2.29. The molecule has 0 aliphatic rings. The van der Waals surface area contributed by atoms with Crippen LogP contribution in [0.5, 0.6) is 0 Å². The number of rotatable bonds is 8. The molecule has 2 N–H and O–H groups in total. The number of hydrogen-bond acceptors (Lipinski definition) is 2. The first-order valence-corrected chi connectivity index (χ1v) is 5.58. The van der Waals surface area contributed by atoms with Crippen molar-refractivity contribution in [3.05, 3.63) is 0 Å². The molecule has 2 atom stereocenters. The van der Waals surface area contributed by atoms with Gasteiger partial charge in [0.05, 0.1) is 5.38 Å². The fraction of sp³-hybridized carbons (Fsp3) is 0.900. The number of alkyl halides is 1. The van der Waals surface area contributed by atoms with E-state index in [1.54, 1.807) is 0 Å². The summed E-state index contributed by atoms with van der Waals surface area (Å²) in [4.78, 5) is 10.3. The molecule has 0 amide bonds. The standard InChI is InChI=1S/C10H19ClO3/c1-2-3-4-5-6-7-8(11)9(12)10(13)14/h8-9,12H,2-7H2,1H3,(H,13,14). The third-order valence-corrected chi connectivity index (χ3v) is 2.64. The van der Waals surface area contributed by atoms with E-state index < -0.39 is 17.5 Å². The van der Waals surface area contributed by atoms with E-state index >= 15 is 0 Å². The fourth-order valence-corrected chi connectivity index (χ4v) is 1.52. The summed E-state index contributed by atoms with van der Waals surface area (Å²) in [6, 6.07) is 0. The molecule has 0 fully saturated rings. The van der Waals surface area contributed by atoms with Crippen LogP contribution in [0, 0.1) is 0 Å². The van der Waals surface area contributed by atoms with Gasteiger partial charge in [-0.2, -0.15) is 0 Å². The third-order valence-electron chi connectivity index (χ3n) is 2.18. The second-order valence-corrected chi connectivity index (χ2v) is 4.06. The van der Waals surface area contributed by atoms with Crippen LogP contribution in [-0.4, -0.2) is 27.7 Å². The molecule has 0 aromatic rings. The number of hydrogen-bond donors (Lipinski definition) is 2. The van der Waals surface area contributed by atoms with E-state index in [1.807, 2.05) is 0 Å². The minimum absolute atomic E-state index is 0.568. The van der Waals surface area contributed by atoms with Gasteiger partial charge in [-0.1, -0.05) is 39.0 Å². The summed E-state index contributed by atoms with van der Waals surface area (Å²) >= 11 is 5.71. The molecule has 0 aliphatic carbocycles. The lowest BCUT2D eigenvalue weighted by Gasteiger charge is -2.12. The van der Waals surface area contributed by atoms with Crippen LogP contribution in [0.3, 0.4) is 0 Å². The zero-order valence-electron chi connectivity index (χ0n) is 8.58. The van der Waals surface area contributed by atoms with Gasteiger partial charge in [-0.05, 0) is 6.42 Å². The summed E-state index contributed by atoms with van der Waals surface area (Å²) in [7, 11) is 0. The zero-order valence-corrected chi connectivity index (χ0v) is 9.33. The number of halogens is 1. The summed E-state index contributed by atoms with van der Waals surface area (Å²) in [5.41, 5.74) is 0. The van der Waals surface area contributed by atoms with Crippen molar-refractivity contribution in [2.24, 2.45) is 0 Å². The first-order chi connectivity index (χ1) is 6.59. The van der Waals surface area contributed by atoms with E-state index in [0.29, 0.717) is 6.42 Å². The number of carbonyl (C=O) groups is 1. The molecular formula is C10H19ClO3. The third kappa shape index (κ3) is 6.22. The molecular weight excluding hydrogens is 204 g/mol. The lowest BCUT2D eigenvalue weighted by atomic mass is 10.1. The van der Waals surface area contributed by atoms with Crippen molar-refractivity contribution in [3.8, 4) is 0 Å². The zero-order chi connectivity index (χ0) is 11.0. The molecule has 0 aliphatic heterocycles. The van der Waals surface area contributed by atoms with Crippen LogP contribution in [0.25, 0.3) is 0 Å². The second-order valence-electron chi connectivity index (χ2n) is 3.50. The Bertz CT molecular complexity index is 161. The summed E-state index contributed by atoms with van der Waals surface area (Å²) in [6.07, 6.45) is 4.63. The molecule has 0 radical (unpaired) electrons. The summed E-state index contributed by atoms with van der Waals surface area (Å²) in [6.45, 7) is 2.14. The predicted molar refractivity (Wildman–Crippen MR) is 56.7 cm³/mol. The highest BCUT2D eigenvalue weighted by Crippen LogP contribution is 2.14. The Morgan fingerprint density at radius 3 is 2.36 bits per heavy atom. The van der Waals surface area contributed by atoms with Gasteiger partial charge in [-0.15, -0.1) is 11.6 Å². The van der Waals surface area contributed by atoms with E-state index in [1.165, 1.54) is 12.8 Å². The molecule has 4 heteroatoms. The maximum Gasteiger partial charge on any atom is 0.334 e. The van der Waals surface area contributed by atoms with Gasteiger partial charge in [-0.25, -0.2) is 4.79 Å². The van der Waals surface area contributed by atoms with Crippen LogP contribution in [-0.2, 0) is 4.79 Å². The first kappa shape index (κ1) is 13.7. The van der Waals surface area contributed by atoms with Gasteiger partial charge < -0.3 is 10.2 Å². The average molecular weight is 223 g/mol. The Morgan fingerprint density at radius 2 is 1.86 bits per heavy atom. The maximum atomic E-state index is 10.3. The lowest BCUT2D eigenvalue weighted by molar-refractivity contribution is -0.146. The van der Waals surface area contributed by atoms with Crippen molar-refractivity contribution in [1.82, 2.24) is 0 Å². The Morgan fingerprint density at radius 1 is 1.29 bits per heavy atom. The molecule has 84 valence electrons.